The Bertz CT molecular complexity index is 1010. The third kappa shape index (κ3) is 31.2. The van der Waals surface area contributed by atoms with Crippen LogP contribution in [-0.4, -0.2) is 122 Å². The molecule has 12 heteroatoms. The van der Waals surface area contributed by atoms with Gasteiger partial charge in [-0.1, -0.05) is 79.7 Å². The van der Waals surface area contributed by atoms with Crippen molar-refractivity contribution < 1.29 is 40.2 Å². The van der Waals surface area contributed by atoms with Gasteiger partial charge in [-0.15, -0.1) is 0 Å². The number of ether oxygens (including phenoxy) is 1. The number of likely N-dealkylation sites (N-methyl/N-ethyl adjacent to an activating group) is 1. The normalized spacial score (nSPS) is 13.2. The van der Waals surface area contributed by atoms with Crippen molar-refractivity contribution in [3.8, 4) is 0 Å². The van der Waals surface area contributed by atoms with E-state index in [-0.39, 0.29) is 52.6 Å². The van der Waals surface area contributed by atoms with E-state index in [9.17, 15) is 26.5 Å². The molecule has 0 aromatic rings. The quantitative estimate of drug-likeness (QED) is 0.0561. The molecule has 0 rings (SSSR count). The highest BCUT2D eigenvalue weighted by Crippen LogP contribution is 2.26. The van der Waals surface area contributed by atoms with Crippen molar-refractivity contribution in [1.82, 2.24) is 5.32 Å². The summed E-state index contributed by atoms with van der Waals surface area (Å²) in [6.45, 7) is 20.5. The van der Waals surface area contributed by atoms with Gasteiger partial charge in [0, 0.05) is 48.4 Å². The van der Waals surface area contributed by atoms with Gasteiger partial charge in [0.1, 0.15) is 13.2 Å². The zero-order valence-electron chi connectivity index (χ0n) is 27.7. The van der Waals surface area contributed by atoms with E-state index in [2.05, 4.69) is 52.6 Å². The van der Waals surface area contributed by atoms with Crippen LogP contribution < -0.4 is 5.32 Å². The highest BCUT2D eigenvalue weighted by molar-refractivity contribution is 7.94. The summed E-state index contributed by atoms with van der Waals surface area (Å²) in [4.78, 5) is 11.8. The van der Waals surface area contributed by atoms with E-state index in [4.69, 9.17) is 4.74 Å². The first-order valence-electron chi connectivity index (χ1n) is 14.5. The predicted octanol–water partition coefficient (Wildman–Crippen LogP) is 5.75. The maximum Gasteiger partial charge on any atom is 0.311 e. The van der Waals surface area contributed by atoms with Gasteiger partial charge in [-0.3, -0.25) is 9.00 Å². The van der Waals surface area contributed by atoms with Crippen molar-refractivity contribution in [2.75, 3.05) is 79.0 Å². The van der Waals surface area contributed by atoms with E-state index in [0.29, 0.717) is 43.6 Å². The fourth-order valence-corrected chi connectivity index (χ4v) is 4.58. The number of nitrogens with zero attached hydrogens (tertiary/aromatic N) is 2. The maximum atomic E-state index is 11.8. The lowest BCUT2D eigenvalue weighted by Gasteiger charge is -2.31. The summed E-state index contributed by atoms with van der Waals surface area (Å²) in [5.41, 5.74) is 0.721. The summed E-state index contributed by atoms with van der Waals surface area (Å²) < 4.78 is 60.4. The van der Waals surface area contributed by atoms with Crippen LogP contribution in [0.4, 0.5) is 0 Å². The molecule has 10 nitrogen and oxygen atoms in total. The summed E-state index contributed by atoms with van der Waals surface area (Å²) >= 11 is 0. The molecule has 1 unspecified atom stereocenters. The molecule has 45 heavy (non-hydrogen) atoms. The molecule has 0 fully saturated rings. The molecule has 1 atom stereocenters. The number of carbonyl (C=O) groups is 1. The van der Waals surface area contributed by atoms with Gasteiger partial charge in [0.05, 0.1) is 63.4 Å². The highest BCUT2D eigenvalue weighted by atomic mass is 32.2. The Balaban J connectivity index is -0.000000155. The third-order valence-electron chi connectivity index (χ3n) is 7.72. The number of hydrogen-bond acceptors (Lipinski definition) is 8. The second-order valence-electron chi connectivity index (χ2n) is 13.6. The Kier molecular flexibility index (Phi) is 30.0. The Hall–Kier alpha value is -1.18. The smallest absolute Gasteiger partial charge is 0.311 e. The number of esters is 1. The molecular weight excluding hydrogens is 615 g/mol. The monoisotopic (exact) mass is 692 g/mol. The van der Waals surface area contributed by atoms with Crippen molar-refractivity contribution in [3.63, 3.8) is 0 Å². The van der Waals surface area contributed by atoms with Crippen LogP contribution in [0.15, 0.2) is 12.3 Å². The molecule has 0 saturated carbocycles. The standard InChI is InChI=1S/C15H32N2O3S.C14H29NO4S.4CH4/c1-7-15(3,4)14(2)16-10-8-11-17(5,6)12-9-13-21(18,19)20;1-7-14(2,3)13(16)19-11-10-15(4,5)9-8-12-20(6,17)18;;;;/h16H,2,7-13H2,1,3-6H3;6-12H2,1-5H3;4*1H4. The second-order valence-corrected chi connectivity index (χ2v) is 17.0. The molecule has 0 bridgehead atoms. The molecule has 0 aliphatic carbocycles. The summed E-state index contributed by atoms with van der Waals surface area (Å²) in [6, 6.07) is 0. The summed E-state index contributed by atoms with van der Waals surface area (Å²) in [7, 11) is 0.870. The fraction of sp³-hybridized carbons (Fsp3) is 0.879. The molecule has 0 aromatic carbocycles. The second kappa shape index (κ2) is 24.0. The van der Waals surface area contributed by atoms with Crippen LogP contribution in [0.5, 0.6) is 0 Å². The fourth-order valence-electron chi connectivity index (χ4n) is 3.53. The van der Waals surface area contributed by atoms with Gasteiger partial charge in [0.2, 0.25) is 0 Å². The van der Waals surface area contributed by atoms with Gasteiger partial charge >= 0.3 is 5.97 Å². The van der Waals surface area contributed by atoms with Crippen molar-refractivity contribution in [2.45, 2.75) is 103 Å². The van der Waals surface area contributed by atoms with Gasteiger partial charge in [0.15, 0.2) is 0 Å². The SMILES string of the molecule is C.C.C.C.C=C(NCCC[N+](C)(C)CCCS(=O)(=O)[O-])C(C)(C)CC.C=S(=O)([O-])CCC[N+](C)(C)CCOC(=O)C(C)(C)CC. The molecule has 0 aliphatic heterocycles. The molecule has 0 radical (unpaired) electrons. The Labute approximate surface area is 282 Å². The van der Waals surface area contributed by atoms with Crippen LogP contribution in [0.2, 0.25) is 0 Å². The van der Waals surface area contributed by atoms with Gasteiger partial charge in [-0.05, 0) is 26.7 Å². The maximum absolute atomic E-state index is 11.8. The number of carbonyl (C=O) groups excluding carboxylic acids is 1. The van der Waals surface area contributed by atoms with Crippen LogP contribution in [-0.2, 0) is 29.5 Å². The van der Waals surface area contributed by atoms with E-state index < -0.39 is 25.3 Å². The van der Waals surface area contributed by atoms with Crippen molar-refractivity contribution in [2.24, 2.45) is 10.8 Å². The van der Waals surface area contributed by atoms with E-state index >= 15 is 0 Å². The Morgan fingerprint density at radius 2 is 1.16 bits per heavy atom. The predicted molar refractivity (Wildman–Crippen MR) is 196 cm³/mol. The minimum atomic E-state index is -4.09. The van der Waals surface area contributed by atoms with Crippen molar-refractivity contribution in [3.05, 3.63) is 12.3 Å². The average Bonchev–Trinajstić information content (AvgIpc) is 2.79. The van der Waals surface area contributed by atoms with E-state index in [1.807, 2.05) is 34.9 Å². The van der Waals surface area contributed by atoms with E-state index in [1.54, 1.807) is 0 Å². The minimum absolute atomic E-state index is 0. The minimum Gasteiger partial charge on any atom is -0.778 e. The summed E-state index contributed by atoms with van der Waals surface area (Å²) in [5.74, 6) is 2.75. The van der Waals surface area contributed by atoms with Gasteiger partial charge in [0.25, 0.3) is 0 Å². The third-order valence-corrected chi connectivity index (χ3v) is 9.42. The van der Waals surface area contributed by atoms with Crippen LogP contribution in [0, 0.1) is 10.8 Å². The highest BCUT2D eigenvalue weighted by Gasteiger charge is 2.27. The van der Waals surface area contributed by atoms with Crippen LogP contribution in [0.3, 0.4) is 0 Å². The van der Waals surface area contributed by atoms with Gasteiger partial charge < -0.3 is 28.1 Å². The van der Waals surface area contributed by atoms with E-state index in [1.165, 1.54) is 0 Å². The lowest BCUT2D eigenvalue weighted by molar-refractivity contribution is -0.890. The number of allylic oxidation sites excluding steroid dienone is 1. The number of rotatable bonds is 20. The lowest BCUT2D eigenvalue weighted by atomic mass is 9.87. The molecule has 278 valence electrons. The number of nitrogens with one attached hydrogen (secondary N) is 1. The van der Waals surface area contributed by atoms with E-state index in [0.717, 1.165) is 42.5 Å². The van der Waals surface area contributed by atoms with Crippen LogP contribution >= 0.6 is 0 Å². The topological polar surface area (TPSA) is 136 Å². The zero-order valence-corrected chi connectivity index (χ0v) is 29.3. The number of hydrogen-bond donors (Lipinski definition) is 1. The van der Waals surface area contributed by atoms with Crippen molar-refractivity contribution >= 4 is 31.8 Å². The summed E-state index contributed by atoms with van der Waals surface area (Å²) in [5, 5.41) is 3.38. The summed E-state index contributed by atoms with van der Waals surface area (Å²) in [6.07, 6.45) is 3.75. The lowest BCUT2D eigenvalue weighted by Crippen LogP contribution is -2.44. The zero-order chi connectivity index (χ0) is 32.8. The Morgan fingerprint density at radius 1 is 0.756 bits per heavy atom. The van der Waals surface area contributed by atoms with Crippen molar-refractivity contribution in [1.29, 1.82) is 0 Å². The molecule has 0 aromatic heterocycles. The first-order chi connectivity index (χ1) is 18.3. The molecule has 1 N–H and O–H groups in total. The first kappa shape index (κ1) is 56.2. The van der Waals surface area contributed by atoms with Crippen LogP contribution in [0.1, 0.15) is 103 Å². The molecule has 0 amide bonds. The first-order valence-corrected chi connectivity index (χ1v) is 17.9. The molecule has 0 aliphatic rings. The average molecular weight is 692 g/mol. The van der Waals surface area contributed by atoms with Crippen LogP contribution in [0.25, 0.3) is 0 Å². The van der Waals surface area contributed by atoms with Gasteiger partial charge in [-0.2, -0.15) is 0 Å². The molecule has 0 heterocycles. The van der Waals surface area contributed by atoms with Gasteiger partial charge in [-0.25, -0.2) is 8.42 Å². The number of quaternary nitrogens is 2. The molecular formula is C33H77N3O7S2. The Morgan fingerprint density at radius 3 is 1.56 bits per heavy atom. The largest absolute Gasteiger partial charge is 0.778 e. The molecule has 0 spiro atoms. The molecule has 0 saturated heterocycles.